The minimum Gasteiger partial charge on any atom is -0.505 e. The van der Waals surface area contributed by atoms with Gasteiger partial charge in [0, 0.05) is 12.7 Å². The van der Waals surface area contributed by atoms with Crippen molar-refractivity contribution in [3.63, 3.8) is 0 Å². The van der Waals surface area contributed by atoms with Crippen molar-refractivity contribution in [3.05, 3.63) is 24.0 Å². The van der Waals surface area contributed by atoms with E-state index in [0.29, 0.717) is 0 Å². The van der Waals surface area contributed by atoms with Gasteiger partial charge in [-0.2, -0.15) is 0 Å². The molecule has 0 aliphatic rings. The van der Waals surface area contributed by atoms with E-state index in [-0.39, 0.29) is 18.0 Å². The number of amides is 1. The molecule has 0 spiro atoms. The first-order chi connectivity index (χ1) is 6.90. The van der Waals surface area contributed by atoms with Gasteiger partial charge in [0.2, 0.25) is 0 Å². The predicted octanol–water partition coefficient (Wildman–Crippen LogP) is 0.288. The lowest BCUT2D eigenvalue weighted by Gasteiger charge is -2.17. The third-order valence-electron chi connectivity index (χ3n) is 1.68. The van der Waals surface area contributed by atoms with Crippen LogP contribution in [-0.2, 0) is 0 Å². The van der Waals surface area contributed by atoms with Gasteiger partial charge in [-0.1, -0.05) is 0 Å². The van der Waals surface area contributed by atoms with Gasteiger partial charge >= 0.3 is 0 Å². The van der Waals surface area contributed by atoms with Gasteiger partial charge in [-0.05, 0) is 26.0 Å². The number of aromatic hydroxyl groups is 1. The average molecular weight is 210 g/mol. The number of aliphatic hydroxyl groups is 1. The Morgan fingerprint density at radius 2 is 2.27 bits per heavy atom. The van der Waals surface area contributed by atoms with Crippen LogP contribution in [0.15, 0.2) is 18.3 Å². The number of hydrogen-bond donors (Lipinski definition) is 3. The van der Waals surface area contributed by atoms with Crippen LogP contribution in [0.2, 0.25) is 0 Å². The number of pyridine rings is 1. The minimum atomic E-state index is -0.986. The Kier molecular flexibility index (Phi) is 3.26. The molecule has 0 atom stereocenters. The van der Waals surface area contributed by atoms with Crippen molar-refractivity contribution in [2.45, 2.75) is 19.4 Å². The fourth-order valence-corrected chi connectivity index (χ4v) is 0.952. The summed E-state index contributed by atoms with van der Waals surface area (Å²) in [6.45, 7) is 3.25. The highest BCUT2D eigenvalue weighted by atomic mass is 16.3. The zero-order valence-corrected chi connectivity index (χ0v) is 8.69. The lowest BCUT2D eigenvalue weighted by atomic mass is 10.1. The highest BCUT2D eigenvalue weighted by Gasteiger charge is 2.17. The van der Waals surface area contributed by atoms with Crippen molar-refractivity contribution in [1.82, 2.24) is 10.3 Å². The molecule has 0 bridgehead atoms. The van der Waals surface area contributed by atoms with Crippen LogP contribution >= 0.6 is 0 Å². The number of aromatic nitrogens is 1. The molecule has 3 N–H and O–H groups in total. The second-order valence-corrected chi connectivity index (χ2v) is 3.87. The smallest absolute Gasteiger partial charge is 0.273 e. The van der Waals surface area contributed by atoms with Crippen LogP contribution in [0.4, 0.5) is 0 Å². The van der Waals surface area contributed by atoms with Crippen LogP contribution in [0.25, 0.3) is 0 Å². The van der Waals surface area contributed by atoms with E-state index in [1.807, 2.05) is 0 Å². The maximum absolute atomic E-state index is 11.5. The summed E-state index contributed by atoms with van der Waals surface area (Å²) in [6.07, 6.45) is 1.42. The molecule has 82 valence electrons. The molecule has 0 saturated carbocycles. The van der Waals surface area contributed by atoms with Gasteiger partial charge in [-0.15, -0.1) is 0 Å². The summed E-state index contributed by atoms with van der Waals surface area (Å²) in [6, 6.07) is 2.91. The summed E-state index contributed by atoms with van der Waals surface area (Å²) >= 11 is 0. The highest BCUT2D eigenvalue weighted by Crippen LogP contribution is 2.12. The van der Waals surface area contributed by atoms with Crippen molar-refractivity contribution in [3.8, 4) is 5.75 Å². The van der Waals surface area contributed by atoms with Crippen molar-refractivity contribution in [2.75, 3.05) is 6.54 Å². The third kappa shape index (κ3) is 3.55. The molecular formula is C10H14N2O3. The highest BCUT2D eigenvalue weighted by molar-refractivity contribution is 5.94. The van der Waals surface area contributed by atoms with Crippen LogP contribution in [0, 0.1) is 0 Å². The van der Waals surface area contributed by atoms with Crippen LogP contribution in [0.3, 0.4) is 0 Å². The normalized spacial score (nSPS) is 11.1. The molecule has 1 aromatic rings. The number of carbonyl (C=O) groups excluding carboxylic acids is 1. The van der Waals surface area contributed by atoms with Crippen molar-refractivity contribution in [2.24, 2.45) is 0 Å². The molecule has 1 heterocycles. The molecule has 1 aromatic heterocycles. The molecule has 15 heavy (non-hydrogen) atoms. The van der Waals surface area contributed by atoms with Crippen molar-refractivity contribution < 1.29 is 15.0 Å². The lowest BCUT2D eigenvalue weighted by Crippen LogP contribution is -2.38. The summed E-state index contributed by atoms with van der Waals surface area (Å²) in [4.78, 5) is 15.2. The van der Waals surface area contributed by atoms with E-state index in [2.05, 4.69) is 10.3 Å². The van der Waals surface area contributed by atoms with E-state index in [0.717, 1.165) is 0 Å². The molecule has 1 rings (SSSR count). The van der Waals surface area contributed by atoms with Gasteiger partial charge in [0.05, 0.1) is 5.60 Å². The first kappa shape index (κ1) is 11.5. The Morgan fingerprint density at radius 1 is 1.60 bits per heavy atom. The number of carbonyl (C=O) groups is 1. The Hall–Kier alpha value is -1.62. The third-order valence-corrected chi connectivity index (χ3v) is 1.68. The minimum absolute atomic E-state index is 0.0400. The molecule has 0 unspecified atom stereocenters. The standard InChI is InChI=1S/C10H14N2O3/c1-10(2,15)6-12-9(14)8-7(13)4-3-5-11-8/h3-5,13,15H,6H2,1-2H3,(H,12,14). The number of rotatable bonds is 3. The Balaban J connectivity index is 2.66. The zero-order valence-electron chi connectivity index (χ0n) is 8.69. The van der Waals surface area contributed by atoms with E-state index in [9.17, 15) is 15.0 Å². The Labute approximate surface area is 87.8 Å². The average Bonchev–Trinajstić information content (AvgIpc) is 2.14. The lowest BCUT2D eigenvalue weighted by molar-refractivity contribution is 0.0690. The maximum Gasteiger partial charge on any atom is 0.273 e. The topological polar surface area (TPSA) is 82.5 Å². The van der Waals surface area contributed by atoms with Gasteiger partial charge in [0.25, 0.3) is 5.91 Å². The second-order valence-electron chi connectivity index (χ2n) is 3.87. The molecule has 0 radical (unpaired) electrons. The quantitative estimate of drug-likeness (QED) is 0.669. The molecule has 0 aliphatic carbocycles. The fourth-order valence-electron chi connectivity index (χ4n) is 0.952. The summed E-state index contributed by atoms with van der Waals surface area (Å²) in [5.41, 5.74) is -1.03. The SMILES string of the molecule is CC(C)(O)CNC(=O)c1ncccc1O. The van der Waals surface area contributed by atoms with Crippen LogP contribution in [-0.4, -0.2) is 33.3 Å². The van der Waals surface area contributed by atoms with Gasteiger partial charge in [-0.3, -0.25) is 4.79 Å². The van der Waals surface area contributed by atoms with Crippen molar-refractivity contribution in [1.29, 1.82) is 0 Å². The Morgan fingerprint density at radius 3 is 2.80 bits per heavy atom. The monoisotopic (exact) mass is 210 g/mol. The zero-order chi connectivity index (χ0) is 11.5. The fraction of sp³-hybridized carbons (Fsp3) is 0.400. The summed E-state index contributed by atoms with van der Waals surface area (Å²) in [5.74, 6) is -0.680. The van der Waals surface area contributed by atoms with Gasteiger partial charge < -0.3 is 15.5 Å². The van der Waals surface area contributed by atoms with E-state index < -0.39 is 11.5 Å². The van der Waals surface area contributed by atoms with Gasteiger partial charge in [0.1, 0.15) is 5.75 Å². The van der Waals surface area contributed by atoms with Crippen molar-refractivity contribution >= 4 is 5.91 Å². The molecule has 5 nitrogen and oxygen atoms in total. The van der Waals surface area contributed by atoms with E-state index in [4.69, 9.17) is 0 Å². The summed E-state index contributed by atoms with van der Waals surface area (Å²) in [7, 11) is 0. The van der Waals surface area contributed by atoms with Gasteiger partial charge in [-0.25, -0.2) is 4.98 Å². The molecule has 0 fully saturated rings. The molecule has 1 amide bonds. The predicted molar refractivity (Wildman–Crippen MR) is 54.5 cm³/mol. The van der Waals surface area contributed by atoms with E-state index in [1.165, 1.54) is 18.3 Å². The van der Waals surface area contributed by atoms with E-state index >= 15 is 0 Å². The number of hydrogen-bond acceptors (Lipinski definition) is 4. The molecular weight excluding hydrogens is 196 g/mol. The first-order valence-corrected chi connectivity index (χ1v) is 4.55. The summed E-state index contributed by atoms with van der Waals surface area (Å²) < 4.78 is 0. The largest absolute Gasteiger partial charge is 0.505 e. The molecule has 0 saturated heterocycles. The summed E-state index contributed by atoms with van der Waals surface area (Å²) in [5, 5.41) is 21.2. The second kappa shape index (κ2) is 4.27. The molecule has 0 aliphatic heterocycles. The molecule has 0 aromatic carbocycles. The first-order valence-electron chi connectivity index (χ1n) is 4.55. The van der Waals surface area contributed by atoms with Crippen LogP contribution < -0.4 is 5.32 Å². The number of nitrogens with zero attached hydrogens (tertiary/aromatic N) is 1. The van der Waals surface area contributed by atoms with Gasteiger partial charge in [0.15, 0.2) is 5.69 Å². The van der Waals surface area contributed by atoms with E-state index in [1.54, 1.807) is 13.8 Å². The van der Waals surface area contributed by atoms with Crippen LogP contribution in [0.5, 0.6) is 5.75 Å². The maximum atomic E-state index is 11.5. The molecule has 5 heteroatoms. The van der Waals surface area contributed by atoms with Crippen LogP contribution in [0.1, 0.15) is 24.3 Å². The Bertz CT molecular complexity index is 358. The number of nitrogens with one attached hydrogen (secondary N) is 1.